The van der Waals surface area contributed by atoms with Crippen LogP contribution in [0.25, 0.3) is 0 Å². The van der Waals surface area contributed by atoms with Gasteiger partial charge in [0.15, 0.2) is 5.69 Å². The molecule has 0 spiro atoms. The van der Waals surface area contributed by atoms with Gasteiger partial charge in [-0.25, -0.2) is 4.98 Å². The number of thioether (sulfide) groups is 1. The Bertz CT molecular complexity index is 819. The normalized spacial score (nSPS) is 25.5. The van der Waals surface area contributed by atoms with Crippen LogP contribution >= 0.6 is 11.8 Å². The summed E-state index contributed by atoms with van der Waals surface area (Å²) in [7, 11) is 0. The number of rotatable bonds is 3. The second-order valence-corrected chi connectivity index (χ2v) is 8.38. The highest BCUT2D eigenvalue weighted by molar-refractivity contribution is 7.99. The van der Waals surface area contributed by atoms with Crippen LogP contribution in [0.1, 0.15) is 17.7 Å². The van der Waals surface area contributed by atoms with Crippen LogP contribution in [0.4, 0.5) is 5.82 Å². The fourth-order valence-corrected chi connectivity index (χ4v) is 5.06. The van der Waals surface area contributed by atoms with E-state index in [0.29, 0.717) is 11.6 Å². The third-order valence-corrected chi connectivity index (χ3v) is 6.70. The van der Waals surface area contributed by atoms with E-state index in [-0.39, 0.29) is 17.6 Å². The van der Waals surface area contributed by atoms with Gasteiger partial charge in [-0.05, 0) is 18.6 Å². The number of hydrogen-bond acceptors (Lipinski definition) is 8. The average molecular weight is 398 g/mol. The topological polar surface area (TPSA) is 99.3 Å². The summed E-state index contributed by atoms with van der Waals surface area (Å²) in [6.45, 7) is 5.16. The second-order valence-electron chi connectivity index (χ2n) is 7.30. The predicted molar refractivity (Wildman–Crippen MR) is 107 cm³/mol. The minimum atomic E-state index is -0.0555. The number of pyridine rings is 1. The number of nitrogens with zero attached hydrogens (tertiary/aromatic N) is 6. The van der Waals surface area contributed by atoms with Crippen LogP contribution in [0.3, 0.4) is 0 Å². The maximum atomic E-state index is 12.6. The summed E-state index contributed by atoms with van der Waals surface area (Å²) >= 11 is 1.82. The highest BCUT2D eigenvalue weighted by atomic mass is 32.2. The Morgan fingerprint density at radius 2 is 2.00 bits per heavy atom. The Kier molecular flexibility index (Phi) is 5.67. The molecule has 3 fully saturated rings. The first-order valence-corrected chi connectivity index (χ1v) is 10.7. The molecular formula is C19H23N7OS. The quantitative estimate of drug-likeness (QED) is 0.773. The van der Waals surface area contributed by atoms with Gasteiger partial charge in [0.1, 0.15) is 18.0 Å². The molecule has 146 valence electrons. The highest BCUT2D eigenvalue weighted by Crippen LogP contribution is 2.22. The SMILES string of the molecule is N#Cc1ccc(N2CCN([C@@H]3CN[C@H](C(=O)N4CCSC4)C3)CC2)nc1C#N. The Morgan fingerprint density at radius 1 is 1.18 bits per heavy atom. The van der Waals surface area contributed by atoms with Crippen molar-refractivity contribution in [2.45, 2.75) is 18.5 Å². The number of nitrogens with one attached hydrogen (secondary N) is 1. The Labute approximate surface area is 169 Å². The average Bonchev–Trinajstić information content (AvgIpc) is 3.45. The van der Waals surface area contributed by atoms with Crippen molar-refractivity contribution in [3.63, 3.8) is 0 Å². The zero-order valence-electron chi connectivity index (χ0n) is 15.7. The Morgan fingerprint density at radius 3 is 2.68 bits per heavy atom. The molecule has 3 aliphatic rings. The molecule has 4 rings (SSSR count). The molecule has 1 N–H and O–H groups in total. The van der Waals surface area contributed by atoms with Gasteiger partial charge in [-0.3, -0.25) is 9.69 Å². The van der Waals surface area contributed by atoms with Gasteiger partial charge in [0, 0.05) is 51.1 Å². The summed E-state index contributed by atoms with van der Waals surface area (Å²) in [4.78, 5) is 23.5. The van der Waals surface area contributed by atoms with Crippen LogP contribution in [-0.4, -0.2) is 83.7 Å². The van der Waals surface area contributed by atoms with Crippen LogP contribution in [0.15, 0.2) is 12.1 Å². The molecule has 8 nitrogen and oxygen atoms in total. The van der Waals surface area contributed by atoms with Crippen molar-refractivity contribution in [2.75, 3.05) is 55.8 Å². The maximum Gasteiger partial charge on any atom is 0.240 e. The maximum absolute atomic E-state index is 12.6. The molecule has 1 aromatic rings. The van der Waals surface area contributed by atoms with E-state index in [9.17, 15) is 10.1 Å². The highest BCUT2D eigenvalue weighted by Gasteiger charge is 2.36. The number of carbonyl (C=O) groups excluding carboxylic acids is 1. The first kappa shape index (κ1) is 19.0. The third kappa shape index (κ3) is 3.79. The molecule has 0 saturated carbocycles. The predicted octanol–water partition coefficient (Wildman–Crippen LogP) is 0.210. The van der Waals surface area contributed by atoms with Gasteiger partial charge in [-0.15, -0.1) is 11.8 Å². The molecule has 1 aromatic heterocycles. The zero-order valence-corrected chi connectivity index (χ0v) is 16.5. The number of aromatic nitrogens is 1. The molecule has 4 heterocycles. The van der Waals surface area contributed by atoms with Crippen molar-refractivity contribution in [1.82, 2.24) is 20.1 Å². The minimum absolute atomic E-state index is 0.0555. The van der Waals surface area contributed by atoms with Crippen molar-refractivity contribution in [1.29, 1.82) is 10.5 Å². The summed E-state index contributed by atoms with van der Waals surface area (Å²) in [6, 6.07) is 7.82. The summed E-state index contributed by atoms with van der Waals surface area (Å²) < 4.78 is 0. The van der Waals surface area contributed by atoms with Gasteiger partial charge >= 0.3 is 0 Å². The van der Waals surface area contributed by atoms with E-state index in [4.69, 9.17) is 5.26 Å². The number of carbonyl (C=O) groups is 1. The van der Waals surface area contributed by atoms with Gasteiger partial charge in [-0.2, -0.15) is 10.5 Å². The van der Waals surface area contributed by atoms with Gasteiger partial charge in [0.2, 0.25) is 5.91 Å². The number of anilines is 1. The Hall–Kier alpha value is -2.33. The van der Waals surface area contributed by atoms with E-state index in [1.165, 1.54) is 0 Å². The van der Waals surface area contributed by atoms with E-state index >= 15 is 0 Å². The smallest absolute Gasteiger partial charge is 0.240 e. The van der Waals surface area contributed by atoms with Gasteiger partial charge in [0.25, 0.3) is 0 Å². The number of nitriles is 2. The zero-order chi connectivity index (χ0) is 19.5. The Balaban J connectivity index is 1.32. The van der Waals surface area contributed by atoms with E-state index in [2.05, 4.69) is 20.1 Å². The van der Waals surface area contributed by atoms with Crippen LogP contribution in [0.5, 0.6) is 0 Å². The summed E-state index contributed by atoms with van der Waals surface area (Å²) in [5.74, 6) is 2.86. The largest absolute Gasteiger partial charge is 0.354 e. The van der Waals surface area contributed by atoms with Crippen molar-refractivity contribution < 1.29 is 4.79 Å². The first-order chi connectivity index (χ1) is 13.7. The van der Waals surface area contributed by atoms with Crippen molar-refractivity contribution in [2.24, 2.45) is 0 Å². The lowest BCUT2D eigenvalue weighted by Crippen LogP contribution is -2.51. The van der Waals surface area contributed by atoms with Gasteiger partial charge < -0.3 is 15.1 Å². The van der Waals surface area contributed by atoms with Gasteiger partial charge in [-0.1, -0.05) is 0 Å². The minimum Gasteiger partial charge on any atom is -0.354 e. The number of hydrogen-bond donors (Lipinski definition) is 1. The fraction of sp³-hybridized carbons (Fsp3) is 0.579. The van der Waals surface area contributed by atoms with Gasteiger partial charge in [0.05, 0.1) is 17.5 Å². The monoisotopic (exact) mass is 397 g/mol. The molecule has 3 aliphatic heterocycles. The number of amides is 1. The summed E-state index contributed by atoms with van der Waals surface area (Å²) in [6.07, 6.45) is 0.869. The van der Waals surface area contributed by atoms with Crippen LogP contribution in [-0.2, 0) is 4.79 Å². The van der Waals surface area contributed by atoms with Crippen LogP contribution in [0, 0.1) is 22.7 Å². The summed E-state index contributed by atoms with van der Waals surface area (Å²) in [5.41, 5.74) is 0.498. The molecule has 3 saturated heterocycles. The fourth-order valence-electron chi connectivity index (χ4n) is 4.11. The molecule has 0 radical (unpaired) electrons. The molecule has 0 unspecified atom stereocenters. The lowest BCUT2D eigenvalue weighted by Gasteiger charge is -2.38. The van der Waals surface area contributed by atoms with E-state index in [1.807, 2.05) is 34.9 Å². The third-order valence-electron chi connectivity index (χ3n) is 5.73. The van der Waals surface area contributed by atoms with Crippen LogP contribution in [0.2, 0.25) is 0 Å². The molecule has 0 bridgehead atoms. The lowest BCUT2D eigenvalue weighted by molar-refractivity contribution is -0.131. The first-order valence-electron chi connectivity index (χ1n) is 9.60. The molecule has 0 aliphatic carbocycles. The molecule has 2 atom stereocenters. The van der Waals surface area contributed by atoms with E-state index in [1.54, 1.807) is 6.07 Å². The van der Waals surface area contributed by atoms with Crippen molar-refractivity contribution in [3.8, 4) is 12.1 Å². The van der Waals surface area contributed by atoms with Crippen LogP contribution < -0.4 is 10.2 Å². The van der Waals surface area contributed by atoms with Crippen molar-refractivity contribution in [3.05, 3.63) is 23.4 Å². The molecule has 1 amide bonds. The lowest BCUT2D eigenvalue weighted by atomic mass is 10.1. The molecule has 9 heteroatoms. The molecular weight excluding hydrogens is 374 g/mol. The van der Waals surface area contributed by atoms with E-state index < -0.39 is 0 Å². The second kappa shape index (κ2) is 8.36. The van der Waals surface area contributed by atoms with E-state index in [0.717, 1.165) is 63.1 Å². The van der Waals surface area contributed by atoms with Crippen molar-refractivity contribution >= 4 is 23.5 Å². The summed E-state index contributed by atoms with van der Waals surface area (Å²) in [5, 5.41) is 21.6. The number of piperazine rings is 1. The molecule has 28 heavy (non-hydrogen) atoms. The molecule has 0 aromatic carbocycles. The standard InChI is InChI=1S/C19H23N7OS/c20-10-14-1-2-18(23-17(14)11-21)25-5-3-24(4-6-25)15-9-16(22-12-15)19(27)26-7-8-28-13-26/h1-2,15-16,22H,3-9,12-13H2/t15-,16-/m0/s1.